The van der Waals surface area contributed by atoms with Gasteiger partial charge in [-0.15, -0.1) is 0 Å². The number of pyridine rings is 1. The third kappa shape index (κ3) is 5.55. The Balaban J connectivity index is 1.51. The van der Waals surface area contributed by atoms with Gasteiger partial charge in [0.05, 0.1) is 12.8 Å². The van der Waals surface area contributed by atoms with Crippen LogP contribution in [0.1, 0.15) is 17.5 Å². The minimum atomic E-state index is -0.119. The van der Waals surface area contributed by atoms with Crippen LogP contribution in [0.2, 0.25) is 0 Å². The number of nitrogens with one attached hydrogen (secondary N) is 1. The smallest absolute Gasteiger partial charge is 0.224 e. The van der Waals surface area contributed by atoms with Crippen LogP contribution in [0, 0.1) is 0 Å². The van der Waals surface area contributed by atoms with Crippen molar-refractivity contribution in [2.45, 2.75) is 19.4 Å². The van der Waals surface area contributed by atoms with Gasteiger partial charge in [-0.1, -0.05) is 12.1 Å². The number of carbonyl (C=O) groups excluding carboxylic acids is 1. The number of aromatic nitrogens is 1. The van der Waals surface area contributed by atoms with Gasteiger partial charge in [0, 0.05) is 18.3 Å². The second-order valence-corrected chi connectivity index (χ2v) is 6.03. The summed E-state index contributed by atoms with van der Waals surface area (Å²) < 4.78 is 5.73. The average Bonchev–Trinajstić information content (AvgIpc) is 2.69. The number of benzene rings is 2. The van der Waals surface area contributed by atoms with Crippen LogP contribution < -0.4 is 10.1 Å². The summed E-state index contributed by atoms with van der Waals surface area (Å²) in [5, 5.41) is 21.3. The van der Waals surface area contributed by atoms with Gasteiger partial charge in [0.1, 0.15) is 17.2 Å². The Morgan fingerprint density at radius 1 is 0.963 bits per heavy atom. The topological polar surface area (TPSA) is 91.7 Å². The molecule has 0 fully saturated rings. The van der Waals surface area contributed by atoms with Crippen molar-refractivity contribution < 1.29 is 19.7 Å². The molecule has 6 nitrogen and oxygen atoms in total. The first-order chi connectivity index (χ1) is 13.1. The van der Waals surface area contributed by atoms with Crippen LogP contribution in [0.3, 0.4) is 0 Å². The lowest BCUT2D eigenvalue weighted by Gasteiger charge is -2.09. The molecule has 27 heavy (non-hydrogen) atoms. The van der Waals surface area contributed by atoms with E-state index < -0.39 is 0 Å². The quantitative estimate of drug-likeness (QED) is 0.595. The lowest BCUT2D eigenvalue weighted by atomic mass is 10.1. The number of aryl methyl sites for hydroxylation is 1. The maximum Gasteiger partial charge on any atom is 0.224 e. The SMILES string of the molecule is O=C(CCc1cncc(O)c1)Nc1ccc(Oc2ccc(CO)cc2)cc1. The van der Waals surface area contributed by atoms with Gasteiger partial charge < -0.3 is 20.3 Å². The molecule has 0 atom stereocenters. The zero-order chi connectivity index (χ0) is 19.1. The monoisotopic (exact) mass is 364 g/mol. The molecule has 0 bridgehead atoms. The summed E-state index contributed by atoms with van der Waals surface area (Å²) in [7, 11) is 0. The number of hydrogen-bond acceptors (Lipinski definition) is 5. The van der Waals surface area contributed by atoms with E-state index in [4.69, 9.17) is 9.84 Å². The Kier molecular flexibility index (Phi) is 6.02. The van der Waals surface area contributed by atoms with Gasteiger partial charge in [-0.05, 0) is 60.0 Å². The molecule has 0 saturated carbocycles. The molecule has 0 aliphatic heterocycles. The van der Waals surface area contributed by atoms with Crippen LogP contribution in [-0.2, 0) is 17.8 Å². The first-order valence-electron chi connectivity index (χ1n) is 8.53. The minimum Gasteiger partial charge on any atom is -0.506 e. The van der Waals surface area contributed by atoms with Crippen molar-refractivity contribution in [3.05, 3.63) is 78.1 Å². The van der Waals surface area contributed by atoms with Crippen molar-refractivity contribution >= 4 is 11.6 Å². The molecular formula is C21H20N2O4. The molecule has 0 unspecified atom stereocenters. The van der Waals surface area contributed by atoms with E-state index in [0.29, 0.717) is 30.0 Å². The number of aromatic hydroxyl groups is 1. The fraction of sp³-hybridized carbons (Fsp3) is 0.143. The van der Waals surface area contributed by atoms with Gasteiger partial charge in [-0.3, -0.25) is 9.78 Å². The lowest BCUT2D eigenvalue weighted by Crippen LogP contribution is -2.12. The number of rotatable bonds is 7. The highest BCUT2D eigenvalue weighted by Crippen LogP contribution is 2.23. The van der Waals surface area contributed by atoms with E-state index in [-0.39, 0.29) is 18.3 Å². The third-order valence-corrected chi connectivity index (χ3v) is 3.90. The van der Waals surface area contributed by atoms with Crippen LogP contribution in [0.25, 0.3) is 0 Å². The van der Waals surface area contributed by atoms with Gasteiger partial charge in [-0.2, -0.15) is 0 Å². The summed E-state index contributed by atoms with van der Waals surface area (Å²) in [4.78, 5) is 16.0. The number of ether oxygens (including phenoxy) is 1. The van der Waals surface area contributed by atoms with Crippen molar-refractivity contribution in [1.29, 1.82) is 0 Å². The number of aliphatic hydroxyl groups excluding tert-OH is 1. The maximum atomic E-state index is 12.1. The number of aliphatic hydroxyl groups is 1. The summed E-state index contributed by atoms with van der Waals surface area (Å²) in [6.45, 7) is -0.00335. The normalized spacial score (nSPS) is 10.4. The van der Waals surface area contributed by atoms with E-state index in [1.165, 1.54) is 6.20 Å². The standard InChI is InChI=1S/C21H20N2O4/c24-14-15-1-6-19(7-2-15)27-20-8-4-17(5-9-20)23-21(26)10-3-16-11-18(25)13-22-12-16/h1-2,4-9,11-13,24-25H,3,10,14H2,(H,23,26). The van der Waals surface area contributed by atoms with Gasteiger partial charge in [-0.25, -0.2) is 0 Å². The molecule has 3 N–H and O–H groups in total. The molecule has 0 aliphatic rings. The molecule has 3 aromatic rings. The zero-order valence-electron chi connectivity index (χ0n) is 14.6. The van der Waals surface area contributed by atoms with Gasteiger partial charge >= 0.3 is 0 Å². The van der Waals surface area contributed by atoms with Gasteiger partial charge in [0.15, 0.2) is 0 Å². The highest BCUT2D eigenvalue weighted by atomic mass is 16.5. The molecule has 138 valence electrons. The predicted molar refractivity (Wildman–Crippen MR) is 102 cm³/mol. The van der Waals surface area contributed by atoms with Crippen LogP contribution >= 0.6 is 0 Å². The zero-order valence-corrected chi connectivity index (χ0v) is 14.6. The van der Waals surface area contributed by atoms with Gasteiger partial charge in [0.25, 0.3) is 0 Å². The van der Waals surface area contributed by atoms with Crippen molar-refractivity contribution in [2.24, 2.45) is 0 Å². The highest BCUT2D eigenvalue weighted by molar-refractivity contribution is 5.90. The molecule has 1 heterocycles. The minimum absolute atomic E-state index is 0.00335. The Morgan fingerprint density at radius 3 is 2.26 bits per heavy atom. The number of carbonyl (C=O) groups is 1. The highest BCUT2D eigenvalue weighted by Gasteiger charge is 2.05. The van der Waals surface area contributed by atoms with Crippen LogP contribution in [0.5, 0.6) is 17.2 Å². The average molecular weight is 364 g/mol. The number of nitrogens with zero attached hydrogens (tertiary/aromatic N) is 1. The fourth-order valence-electron chi connectivity index (χ4n) is 2.50. The fourth-order valence-corrected chi connectivity index (χ4v) is 2.50. The summed E-state index contributed by atoms with van der Waals surface area (Å²) in [5.41, 5.74) is 2.31. The first-order valence-corrected chi connectivity index (χ1v) is 8.53. The molecular weight excluding hydrogens is 344 g/mol. The molecule has 0 radical (unpaired) electrons. The van der Waals surface area contributed by atoms with E-state index in [2.05, 4.69) is 10.3 Å². The van der Waals surface area contributed by atoms with E-state index in [1.807, 2.05) is 0 Å². The van der Waals surface area contributed by atoms with Crippen molar-refractivity contribution in [3.63, 3.8) is 0 Å². The Labute approximate surface area is 157 Å². The van der Waals surface area contributed by atoms with Crippen LogP contribution in [-0.4, -0.2) is 21.1 Å². The van der Waals surface area contributed by atoms with Crippen molar-refractivity contribution in [2.75, 3.05) is 5.32 Å². The molecule has 3 rings (SSSR count). The predicted octanol–water partition coefficient (Wildman–Crippen LogP) is 3.64. The summed E-state index contributed by atoms with van der Waals surface area (Å²) in [6, 6.07) is 15.9. The molecule has 1 aromatic heterocycles. The second kappa shape index (κ2) is 8.82. The molecule has 0 saturated heterocycles. The van der Waals surface area contributed by atoms with E-state index in [9.17, 15) is 9.90 Å². The number of hydrogen-bond donors (Lipinski definition) is 3. The first kappa shape index (κ1) is 18.4. The number of anilines is 1. The van der Waals surface area contributed by atoms with Crippen molar-refractivity contribution in [1.82, 2.24) is 4.98 Å². The molecule has 1 amide bonds. The van der Waals surface area contributed by atoms with Crippen LogP contribution in [0.15, 0.2) is 67.0 Å². The molecule has 2 aromatic carbocycles. The Bertz CT molecular complexity index is 893. The largest absolute Gasteiger partial charge is 0.506 e. The molecule has 6 heteroatoms. The summed E-state index contributed by atoms with van der Waals surface area (Å²) in [6.07, 6.45) is 3.78. The number of amides is 1. The van der Waals surface area contributed by atoms with Crippen molar-refractivity contribution in [3.8, 4) is 17.2 Å². The van der Waals surface area contributed by atoms with E-state index in [1.54, 1.807) is 60.8 Å². The maximum absolute atomic E-state index is 12.1. The summed E-state index contributed by atoms with van der Waals surface area (Å²) >= 11 is 0. The summed E-state index contributed by atoms with van der Waals surface area (Å²) in [5.74, 6) is 1.29. The van der Waals surface area contributed by atoms with E-state index in [0.717, 1.165) is 11.1 Å². The Hall–Kier alpha value is -3.38. The third-order valence-electron chi connectivity index (χ3n) is 3.90. The van der Waals surface area contributed by atoms with Crippen LogP contribution in [0.4, 0.5) is 5.69 Å². The van der Waals surface area contributed by atoms with Gasteiger partial charge in [0.2, 0.25) is 5.91 Å². The molecule has 0 aliphatic carbocycles. The second-order valence-electron chi connectivity index (χ2n) is 6.03. The Morgan fingerprint density at radius 2 is 1.63 bits per heavy atom. The lowest BCUT2D eigenvalue weighted by molar-refractivity contribution is -0.116. The van der Waals surface area contributed by atoms with E-state index >= 15 is 0 Å². The molecule has 0 spiro atoms.